The van der Waals surface area contributed by atoms with E-state index in [4.69, 9.17) is 0 Å². The van der Waals surface area contributed by atoms with Crippen molar-refractivity contribution in [3.63, 3.8) is 0 Å². The Morgan fingerprint density at radius 1 is 1.05 bits per heavy atom. The summed E-state index contributed by atoms with van der Waals surface area (Å²) in [5, 5.41) is 14.0. The number of hydrogen-bond donors (Lipinski definition) is 2. The minimum Gasteiger partial charge on any atom is -0.367 e. The first-order chi connectivity index (χ1) is 10.6. The van der Waals surface area contributed by atoms with Crippen LogP contribution in [0.1, 0.15) is 5.56 Å². The van der Waals surface area contributed by atoms with E-state index in [-0.39, 0.29) is 5.91 Å². The molecule has 0 atom stereocenters. The lowest BCUT2D eigenvalue weighted by molar-refractivity contribution is -0.115. The summed E-state index contributed by atoms with van der Waals surface area (Å²) in [4.78, 5) is 14.0. The quantitative estimate of drug-likeness (QED) is 0.813. The molecule has 1 amide bonds. The Bertz CT molecular complexity index is 583. The van der Waals surface area contributed by atoms with Gasteiger partial charge in [-0.2, -0.15) is 0 Å². The van der Waals surface area contributed by atoms with E-state index in [9.17, 15) is 4.79 Å². The van der Waals surface area contributed by atoms with Crippen molar-refractivity contribution in [3.05, 3.63) is 48.0 Å². The molecule has 1 aromatic carbocycles. The number of nitrogens with one attached hydrogen (secondary N) is 2. The number of rotatable bonds is 7. The molecule has 0 saturated heterocycles. The van der Waals surface area contributed by atoms with Gasteiger partial charge in [0, 0.05) is 13.1 Å². The van der Waals surface area contributed by atoms with Crippen molar-refractivity contribution in [2.45, 2.75) is 6.42 Å². The number of carbonyl (C=O) groups excluding carboxylic acids is 1. The molecular weight excluding hydrogens is 278 g/mol. The van der Waals surface area contributed by atoms with Crippen molar-refractivity contribution < 1.29 is 4.79 Å². The highest BCUT2D eigenvalue weighted by Gasteiger charge is 2.05. The Balaban J connectivity index is 1.82. The first kappa shape index (κ1) is 15.9. The van der Waals surface area contributed by atoms with Crippen LogP contribution in [0.2, 0.25) is 0 Å². The molecule has 0 aliphatic rings. The van der Waals surface area contributed by atoms with Crippen LogP contribution in [0.4, 0.5) is 11.6 Å². The van der Waals surface area contributed by atoms with Gasteiger partial charge < -0.3 is 15.5 Å². The number of likely N-dealkylation sites (N-methyl/N-ethyl adjacent to an activating group) is 1. The van der Waals surface area contributed by atoms with Crippen LogP contribution in [-0.2, 0) is 11.2 Å². The maximum absolute atomic E-state index is 11.9. The normalized spacial score (nSPS) is 10.5. The molecule has 0 aliphatic carbocycles. The van der Waals surface area contributed by atoms with Crippen LogP contribution in [-0.4, -0.2) is 48.2 Å². The molecule has 0 radical (unpaired) electrons. The van der Waals surface area contributed by atoms with Gasteiger partial charge in [0.1, 0.15) is 5.82 Å². The van der Waals surface area contributed by atoms with E-state index in [1.165, 1.54) is 0 Å². The average molecular weight is 299 g/mol. The third-order valence-corrected chi connectivity index (χ3v) is 3.00. The van der Waals surface area contributed by atoms with Crippen molar-refractivity contribution in [1.82, 2.24) is 15.1 Å². The van der Waals surface area contributed by atoms with Crippen molar-refractivity contribution >= 4 is 17.5 Å². The van der Waals surface area contributed by atoms with E-state index >= 15 is 0 Å². The van der Waals surface area contributed by atoms with Crippen LogP contribution >= 0.6 is 0 Å². The summed E-state index contributed by atoms with van der Waals surface area (Å²) >= 11 is 0. The minimum atomic E-state index is -0.103. The molecule has 6 heteroatoms. The third kappa shape index (κ3) is 5.49. The van der Waals surface area contributed by atoms with Gasteiger partial charge in [-0.15, -0.1) is 10.2 Å². The Morgan fingerprint density at radius 3 is 2.36 bits per heavy atom. The summed E-state index contributed by atoms with van der Waals surface area (Å²) in [5.41, 5.74) is 0.968. The van der Waals surface area contributed by atoms with Gasteiger partial charge in [-0.25, -0.2) is 0 Å². The average Bonchev–Trinajstić information content (AvgIpc) is 2.49. The summed E-state index contributed by atoms with van der Waals surface area (Å²) in [7, 11) is 4.03. The fraction of sp³-hybridized carbons (Fsp3) is 0.312. The summed E-state index contributed by atoms with van der Waals surface area (Å²) < 4.78 is 0. The summed E-state index contributed by atoms with van der Waals surface area (Å²) in [6, 6.07) is 13.1. The molecule has 1 aromatic heterocycles. The number of anilines is 2. The molecule has 0 fully saturated rings. The van der Waals surface area contributed by atoms with Crippen LogP contribution in [0.5, 0.6) is 0 Å². The van der Waals surface area contributed by atoms with Gasteiger partial charge in [-0.1, -0.05) is 30.3 Å². The number of aromatic nitrogens is 2. The zero-order valence-corrected chi connectivity index (χ0v) is 12.9. The molecule has 1 heterocycles. The number of benzene rings is 1. The Hall–Kier alpha value is -2.47. The highest BCUT2D eigenvalue weighted by atomic mass is 16.1. The number of amides is 1. The molecule has 116 valence electrons. The smallest absolute Gasteiger partial charge is 0.229 e. The van der Waals surface area contributed by atoms with E-state index in [1.807, 2.05) is 44.4 Å². The number of hydrogen-bond acceptors (Lipinski definition) is 5. The first-order valence-corrected chi connectivity index (χ1v) is 7.19. The molecular formula is C16H21N5O. The Labute approximate surface area is 130 Å². The SMILES string of the molecule is CN(C)CCNc1ccc(NC(=O)Cc2ccccc2)nn1. The topological polar surface area (TPSA) is 70.2 Å². The predicted molar refractivity (Wildman–Crippen MR) is 87.9 cm³/mol. The fourth-order valence-corrected chi connectivity index (χ4v) is 1.87. The summed E-state index contributed by atoms with van der Waals surface area (Å²) in [6.45, 7) is 1.71. The molecule has 2 rings (SSSR count). The predicted octanol–water partition coefficient (Wildman–Crippen LogP) is 1.63. The van der Waals surface area contributed by atoms with Gasteiger partial charge in [0.2, 0.25) is 5.91 Å². The minimum absolute atomic E-state index is 0.103. The van der Waals surface area contributed by atoms with Crippen LogP contribution in [0, 0.1) is 0 Å². The standard InChI is InChI=1S/C16H21N5O/c1-21(2)11-10-17-14-8-9-15(20-19-14)18-16(22)12-13-6-4-3-5-7-13/h3-9H,10-12H2,1-2H3,(H,17,19)(H,18,20,22). The second kappa shape index (κ2) is 8.09. The van der Waals surface area contributed by atoms with Crippen LogP contribution in [0.3, 0.4) is 0 Å². The van der Waals surface area contributed by atoms with Crippen molar-refractivity contribution in [1.29, 1.82) is 0 Å². The number of carbonyl (C=O) groups is 1. The summed E-state index contributed by atoms with van der Waals surface area (Å²) in [5.74, 6) is 1.05. The monoisotopic (exact) mass is 299 g/mol. The Kier molecular flexibility index (Phi) is 5.85. The highest BCUT2D eigenvalue weighted by Crippen LogP contribution is 2.07. The van der Waals surface area contributed by atoms with Crippen molar-refractivity contribution in [2.24, 2.45) is 0 Å². The number of nitrogens with zero attached hydrogens (tertiary/aromatic N) is 3. The molecule has 6 nitrogen and oxygen atoms in total. The van der Waals surface area contributed by atoms with E-state index < -0.39 is 0 Å². The van der Waals surface area contributed by atoms with Crippen molar-refractivity contribution in [3.8, 4) is 0 Å². The molecule has 0 aliphatic heterocycles. The molecule has 2 N–H and O–H groups in total. The van der Waals surface area contributed by atoms with Gasteiger partial charge in [0.05, 0.1) is 6.42 Å². The maximum Gasteiger partial charge on any atom is 0.229 e. The molecule has 2 aromatic rings. The Morgan fingerprint density at radius 2 is 1.73 bits per heavy atom. The van der Waals surface area contributed by atoms with Crippen LogP contribution in [0.15, 0.2) is 42.5 Å². The van der Waals surface area contributed by atoms with Gasteiger partial charge in [0.25, 0.3) is 0 Å². The highest BCUT2D eigenvalue weighted by molar-refractivity contribution is 5.91. The zero-order chi connectivity index (χ0) is 15.8. The zero-order valence-electron chi connectivity index (χ0n) is 12.9. The lowest BCUT2D eigenvalue weighted by Crippen LogP contribution is -2.21. The van der Waals surface area contributed by atoms with E-state index in [2.05, 4.69) is 25.7 Å². The van der Waals surface area contributed by atoms with Gasteiger partial charge in [0.15, 0.2) is 5.82 Å². The summed E-state index contributed by atoms with van der Waals surface area (Å²) in [6.07, 6.45) is 0.325. The van der Waals surface area contributed by atoms with E-state index in [1.54, 1.807) is 12.1 Å². The molecule has 22 heavy (non-hydrogen) atoms. The molecule has 0 unspecified atom stereocenters. The van der Waals surface area contributed by atoms with Gasteiger partial charge >= 0.3 is 0 Å². The third-order valence-electron chi connectivity index (χ3n) is 3.00. The fourth-order valence-electron chi connectivity index (χ4n) is 1.87. The second-order valence-electron chi connectivity index (χ2n) is 5.24. The molecule has 0 saturated carbocycles. The molecule has 0 spiro atoms. The van der Waals surface area contributed by atoms with Gasteiger partial charge in [-0.05, 0) is 31.8 Å². The van der Waals surface area contributed by atoms with Crippen molar-refractivity contribution in [2.75, 3.05) is 37.8 Å². The lowest BCUT2D eigenvalue weighted by Gasteiger charge is -2.10. The largest absolute Gasteiger partial charge is 0.367 e. The van der Waals surface area contributed by atoms with Gasteiger partial charge in [-0.3, -0.25) is 4.79 Å². The second-order valence-corrected chi connectivity index (χ2v) is 5.24. The van der Waals surface area contributed by atoms with Crippen LogP contribution < -0.4 is 10.6 Å². The first-order valence-electron chi connectivity index (χ1n) is 7.19. The lowest BCUT2D eigenvalue weighted by atomic mass is 10.1. The molecule has 0 bridgehead atoms. The van der Waals surface area contributed by atoms with E-state index in [0.717, 1.165) is 18.7 Å². The maximum atomic E-state index is 11.9. The van der Waals surface area contributed by atoms with E-state index in [0.29, 0.717) is 18.1 Å². The van der Waals surface area contributed by atoms with Crippen LogP contribution in [0.25, 0.3) is 0 Å².